The first-order valence-corrected chi connectivity index (χ1v) is 8.06. The molecule has 1 heterocycles. The summed E-state index contributed by atoms with van der Waals surface area (Å²) in [4.78, 5) is 25.6. The first-order valence-electron chi connectivity index (χ1n) is 6.93. The Morgan fingerprint density at radius 2 is 1.88 bits per heavy atom. The van der Waals surface area contributed by atoms with Crippen molar-refractivity contribution in [3.8, 4) is 5.75 Å². The Balaban J connectivity index is 1.80. The van der Waals surface area contributed by atoms with Crippen LogP contribution >= 0.6 is 34.8 Å². The molecule has 0 atom stereocenters. The minimum absolute atomic E-state index is 0.0585. The summed E-state index contributed by atoms with van der Waals surface area (Å²) in [5, 5.41) is 3.80. The molecule has 0 fully saturated rings. The van der Waals surface area contributed by atoms with E-state index in [0.29, 0.717) is 32.2 Å². The molecule has 8 heteroatoms. The maximum atomic E-state index is 12.3. The smallest absolute Gasteiger partial charge is 0.331 e. The fourth-order valence-electron chi connectivity index (χ4n) is 2.33. The number of halogens is 3. The lowest BCUT2D eigenvalue weighted by atomic mass is 10.2. The van der Waals surface area contributed by atoms with Gasteiger partial charge in [-0.1, -0.05) is 40.9 Å². The van der Waals surface area contributed by atoms with Crippen LogP contribution in [0.5, 0.6) is 5.75 Å². The van der Waals surface area contributed by atoms with Crippen LogP contribution in [-0.2, 0) is 9.59 Å². The summed E-state index contributed by atoms with van der Waals surface area (Å²) >= 11 is 18.1. The van der Waals surface area contributed by atoms with Crippen LogP contribution in [0.25, 0.3) is 0 Å². The highest BCUT2D eigenvalue weighted by atomic mass is 35.5. The molecule has 1 aliphatic heterocycles. The van der Waals surface area contributed by atoms with Crippen molar-refractivity contribution in [2.24, 2.45) is 0 Å². The van der Waals surface area contributed by atoms with E-state index in [4.69, 9.17) is 39.5 Å². The summed E-state index contributed by atoms with van der Waals surface area (Å²) < 4.78 is 5.14. The molecular formula is C16H11Cl3N2O3. The van der Waals surface area contributed by atoms with Crippen molar-refractivity contribution in [2.45, 2.75) is 0 Å². The molecule has 3 rings (SSSR count). The summed E-state index contributed by atoms with van der Waals surface area (Å²) in [6.07, 6.45) is 0. The number of fused-ring (bicyclic) bond motifs is 1. The molecule has 2 aromatic carbocycles. The first kappa shape index (κ1) is 16.9. The third kappa shape index (κ3) is 3.59. The number of esters is 1. The van der Waals surface area contributed by atoms with E-state index < -0.39 is 5.97 Å². The van der Waals surface area contributed by atoms with Crippen LogP contribution in [0.2, 0.25) is 15.1 Å². The molecule has 5 nitrogen and oxygen atoms in total. The van der Waals surface area contributed by atoms with Crippen LogP contribution < -0.4 is 15.0 Å². The number of carbonyl (C=O) groups excluding carboxylic acids is 2. The second-order valence-electron chi connectivity index (χ2n) is 5.09. The van der Waals surface area contributed by atoms with Crippen LogP contribution in [0.1, 0.15) is 0 Å². The van der Waals surface area contributed by atoms with E-state index in [1.807, 2.05) is 0 Å². The summed E-state index contributed by atoms with van der Waals surface area (Å²) in [5.41, 5.74) is 0.902. The van der Waals surface area contributed by atoms with Gasteiger partial charge in [-0.3, -0.25) is 4.79 Å². The Labute approximate surface area is 153 Å². The molecule has 0 aliphatic carbocycles. The van der Waals surface area contributed by atoms with Gasteiger partial charge in [0, 0.05) is 5.02 Å². The van der Waals surface area contributed by atoms with Crippen LogP contribution in [0, 0.1) is 0 Å². The zero-order chi connectivity index (χ0) is 17.3. The first-order chi connectivity index (χ1) is 11.4. The molecule has 0 unspecified atom stereocenters. The largest absolute Gasteiger partial charge is 0.423 e. The van der Waals surface area contributed by atoms with Crippen LogP contribution in [0.4, 0.5) is 11.4 Å². The van der Waals surface area contributed by atoms with E-state index in [0.717, 1.165) is 0 Å². The number of anilines is 2. The number of ether oxygens (including phenoxy) is 1. The average molecular weight is 386 g/mol. The van der Waals surface area contributed by atoms with Gasteiger partial charge in [-0.05, 0) is 30.3 Å². The maximum absolute atomic E-state index is 12.3. The summed E-state index contributed by atoms with van der Waals surface area (Å²) in [7, 11) is 0. The number of benzene rings is 2. The fourth-order valence-corrected chi connectivity index (χ4v) is 2.99. The van der Waals surface area contributed by atoms with Crippen LogP contribution in [0.3, 0.4) is 0 Å². The Bertz CT molecular complexity index is 806. The maximum Gasteiger partial charge on any atom is 0.331 e. The highest BCUT2D eigenvalue weighted by Crippen LogP contribution is 2.34. The highest BCUT2D eigenvalue weighted by Gasteiger charge is 2.26. The minimum Gasteiger partial charge on any atom is -0.423 e. The van der Waals surface area contributed by atoms with Crippen molar-refractivity contribution < 1.29 is 14.3 Å². The van der Waals surface area contributed by atoms with Gasteiger partial charge >= 0.3 is 5.97 Å². The fraction of sp³-hybridized carbons (Fsp3) is 0.125. The molecule has 0 radical (unpaired) electrons. The number of amides is 1. The Kier molecular flexibility index (Phi) is 4.85. The molecule has 1 aliphatic rings. The van der Waals surface area contributed by atoms with Gasteiger partial charge in [-0.25, -0.2) is 4.79 Å². The van der Waals surface area contributed by atoms with Crippen molar-refractivity contribution in [3.05, 3.63) is 51.5 Å². The number of nitrogens with one attached hydrogen (secondary N) is 1. The molecule has 1 N–H and O–H groups in total. The predicted octanol–water partition coefficient (Wildman–Crippen LogP) is 4.01. The van der Waals surface area contributed by atoms with Crippen molar-refractivity contribution in [1.29, 1.82) is 0 Å². The third-order valence-corrected chi connectivity index (χ3v) is 4.23. The number of nitrogens with zero attached hydrogens (tertiary/aromatic N) is 1. The zero-order valence-corrected chi connectivity index (χ0v) is 14.5. The standard InChI is InChI=1S/C16H11Cl3N2O3/c17-9-4-5-13-12(6-9)21(8-15(23)24-13)7-14(22)20-16-10(18)2-1-3-11(16)19/h1-6H,7-8H2,(H,20,22). The third-order valence-electron chi connectivity index (χ3n) is 3.37. The lowest BCUT2D eigenvalue weighted by molar-refractivity contribution is -0.133. The molecule has 2 aromatic rings. The van der Waals surface area contributed by atoms with Gasteiger partial charge in [0.2, 0.25) is 5.91 Å². The Hall–Kier alpha value is -1.95. The topological polar surface area (TPSA) is 58.6 Å². The van der Waals surface area contributed by atoms with Gasteiger partial charge in [-0.2, -0.15) is 0 Å². The molecule has 0 bridgehead atoms. The number of hydrogen-bond donors (Lipinski definition) is 1. The van der Waals surface area contributed by atoms with E-state index in [1.54, 1.807) is 41.3 Å². The van der Waals surface area contributed by atoms with Crippen LogP contribution in [-0.4, -0.2) is 25.0 Å². The van der Waals surface area contributed by atoms with E-state index >= 15 is 0 Å². The molecule has 124 valence electrons. The lowest BCUT2D eigenvalue weighted by Crippen LogP contribution is -2.41. The zero-order valence-electron chi connectivity index (χ0n) is 12.2. The predicted molar refractivity (Wildman–Crippen MR) is 94.4 cm³/mol. The van der Waals surface area contributed by atoms with E-state index in [-0.39, 0.29) is 19.0 Å². The number of hydrogen-bond acceptors (Lipinski definition) is 4. The van der Waals surface area contributed by atoms with Gasteiger partial charge in [0.15, 0.2) is 5.75 Å². The summed E-state index contributed by atoms with van der Waals surface area (Å²) in [5.74, 6) is -0.460. The number of carbonyl (C=O) groups is 2. The van der Waals surface area contributed by atoms with Crippen LogP contribution in [0.15, 0.2) is 36.4 Å². The normalized spacial score (nSPS) is 13.3. The van der Waals surface area contributed by atoms with Crippen molar-refractivity contribution in [2.75, 3.05) is 23.3 Å². The quantitative estimate of drug-likeness (QED) is 0.640. The molecule has 0 saturated heterocycles. The van der Waals surface area contributed by atoms with E-state index in [1.165, 1.54) is 0 Å². The minimum atomic E-state index is -0.451. The molecule has 24 heavy (non-hydrogen) atoms. The Morgan fingerprint density at radius 1 is 1.17 bits per heavy atom. The highest BCUT2D eigenvalue weighted by molar-refractivity contribution is 6.39. The summed E-state index contributed by atoms with van der Waals surface area (Å²) in [6.45, 7) is -0.138. The monoisotopic (exact) mass is 384 g/mol. The van der Waals surface area contributed by atoms with Gasteiger partial charge in [-0.15, -0.1) is 0 Å². The molecule has 0 spiro atoms. The van der Waals surface area contributed by atoms with Gasteiger partial charge in [0.25, 0.3) is 0 Å². The molecule has 0 saturated carbocycles. The van der Waals surface area contributed by atoms with E-state index in [9.17, 15) is 9.59 Å². The Morgan fingerprint density at radius 3 is 2.58 bits per heavy atom. The van der Waals surface area contributed by atoms with Gasteiger partial charge in [0.1, 0.15) is 6.54 Å². The molecule has 0 aromatic heterocycles. The SMILES string of the molecule is O=C(CN1CC(=O)Oc2ccc(Cl)cc21)Nc1c(Cl)cccc1Cl. The number of para-hydroxylation sites is 1. The summed E-state index contributed by atoms with van der Waals surface area (Å²) in [6, 6.07) is 9.76. The van der Waals surface area contributed by atoms with E-state index in [2.05, 4.69) is 5.32 Å². The second kappa shape index (κ2) is 6.89. The van der Waals surface area contributed by atoms with Crippen molar-refractivity contribution in [3.63, 3.8) is 0 Å². The average Bonchev–Trinajstić information content (AvgIpc) is 2.52. The second-order valence-corrected chi connectivity index (χ2v) is 6.34. The van der Waals surface area contributed by atoms with Crippen molar-refractivity contribution >= 4 is 58.1 Å². The van der Waals surface area contributed by atoms with Gasteiger partial charge in [0.05, 0.1) is 28.0 Å². The molecular weight excluding hydrogens is 375 g/mol. The number of rotatable bonds is 3. The van der Waals surface area contributed by atoms with Gasteiger partial charge < -0.3 is 15.0 Å². The van der Waals surface area contributed by atoms with Crippen molar-refractivity contribution in [1.82, 2.24) is 0 Å². The molecule has 1 amide bonds. The lowest BCUT2D eigenvalue weighted by Gasteiger charge is -2.29.